The predicted molar refractivity (Wildman–Crippen MR) is 87.6 cm³/mol. The van der Waals surface area contributed by atoms with Gasteiger partial charge in [-0.3, -0.25) is 9.59 Å². The molecule has 2 N–H and O–H groups in total. The lowest BCUT2D eigenvalue weighted by Crippen LogP contribution is -2.27. The zero-order chi connectivity index (χ0) is 15.9. The van der Waals surface area contributed by atoms with Crippen molar-refractivity contribution in [2.45, 2.75) is 13.8 Å². The van der Waals surface area contributed by atoms with Gasteiger partial charge in [-0.05, 0) is 36.8 Å². The average Bonchev–Trinajstić information content (AvgIpc) is 2.91. The van der Waals surface area contributed by atoms with Gasteiger partial charge in [-0.2, -0.15) is 0 Å². The molecule has 0 saturated heterocycles. The Balaban J connectivity index is 1.75. The van der Waals surface area contributed by atoms with Crippen LogP contribution in [0.5, 0.6) is 5.75 Å². The summed E-state index contributed by atoms with van der Waals surface area (Å²) in [7, 11) is 0. The van der Waals surface area contributed by atoms with E-state index in [1.54, 1.807) is 12.1 Å². The molecule has 2 rings (SSSR count). The fourth-order valence-corrected chi connectivity index (χ4v) is 2.69. The molecule has 0 aliphatic heterocycles. The van der Waals surface area contributed by atoms with Crippen molar-refractivity contribution < 1.29 is 14.3 Å². The van der Waals surface area contributed by atoms with Crippen molar-refractivity contribution in [3.05, 3.63) is 46.8 Å². The minimum Gasteiger partial charge on any atom is -0.492 e. The molecule has 0 unspecified atom stereocenters. The lowest BCUT2D eigenvalue weighted by molar-refractivity contribution is -0.114. The van der Waals surface area contributed by atoms with Crippen molar-refractivity contribution >= 4 is 28.2 Å². The van der Waals surface area contributed by atoms with Crippen LogP contribution in [-0.2, 0) is 4.79 Å². The SMILES string of the molecule is CC(=O)Nc1ccc(C(=O)NCCOc2cccc(C)c2)s1. The van der Waals surface area contributed by atoms with E-state index >= 15 is 0 Å². The van der Waals surface area contributed by atoms with E-state index in [4.69, 9.17) is 4.74 Å². The molecule has 0 spiro atoms. The topological polar surface area (TPSA) is 67.4 Å². The molecule has 0 aliphatic rings. The number of nitrogens with one attached hydrogen (secondary N) is 2. The van der Waals surface area contributed by atoms with Crippen LogP contribution in [0.3, 0.4) is 0 Å². The van der Waals surface area contributed by atoms with Crippen LogP contribution in [0.1, 0.15) is 22.2 Å². The molecule has 22 heavy (non-hydrogen) atoms. The zero-order valence-electron chi connectivity index (χ0n) is 12.5. The van der Waals surface area contributed by atoms with E-state index in [0.29, 0.717) is 23.0 Å². The van der Waals surface area contributed by atoms with Gasteiger partial charge in [0, 0.05) is 6.92 Å². The summed E-state index contributed by atoms with van der Waals surface area (Å²) in [6.45, 7) is 4.25. The standard InChI is InChI=1S/C16H18N2O3S/c1-11-4-3-5-13(10-11)21-9-8-17-16(20)14-6-7-15(22-14)18-12(2)19/h3-7,10H,8-9H2,1-2H3,(H,17,20)(H,18,19). The third-order valence-electron chi connectivity index (χ3n) is 2.77. The van der Waals surface area contributed by atoms with Gasteiger partial charge in [0.1, 0.15) is 12.4 Å². The monoisotopic (exact) mass is 318 g/mol. The Hall–Kier alpha value is -2.34. The second-order valence-electron chi connectivity index (χ2n) is 4.77. The first-order valence-corrected chi connectivity index (χ1v) is 7.71. The Morgan fingerprint density at radius 2 is 2.05 bits per heavy atom. The molecule has 0 saturated carbocycles. The summed E-state index contributed by atoms with van der Waals surface area (Å²) in [6, 6.07) is 11.2. The third-order valence-corrected chi connectivity index (χ3v) is 3.77. The summed E-state index contributed by atoms with van der Waals surface area (Å²) in [6.07, 6.45) is 0. The van der Waals surface area contributed by atoms with Crippen molar-refractivity contribution in [1.82, 2.24) is 5.32 Å². The number of hydrogen-bond donors (Lipinski definition) is 2. The van der Waals surface area contributed by atoms with Crippen molar-refractivity contribution in [2.24, 2.45) is 0 Å². The molecule has 2 amide bonds. The van der Waals surface area contributed by atoms with Gasteiger partial charge in [-0.15, -0.1) is 11.3 Å². The molecule has 5 nitrogen and oxygen atoms in total. The van der Waals surface area contributed by atoms with Crippen LogP contribution in [0.25, 0.3) is 0 Å². The molecule has 1 aromatic heterocycles. The fourth-order valence-electron chi connectivity index (χ4n) is 1.83. The van der Waals surface area contributed by atoms with Crippen LogP contribution in [0, 0.1) is 6.92 Å². The summed E-state index contributed by atoms with van der Waals surface area (Å²) in [5.74, 6) is 0.466. The second kappa shape index (κ2) is 7.61. The first-order valence-electron chi connectivity index (χ1n) is 6.89. The fraction of sp³-hybridized carbons (Fsp3) is 0.250. The molecule has 0 aliphatic carbocycles. The van der Waals surface area contributed by atoms with Gasteiger partial charge in [-0.1, -0.05) is 12.1 Å². The highest BCUT2D eigenvalue weighted by Gasteiger charge is 2.09. The summed E-state index contributed by atoms with van der Waals surface area (Å²) in [5, 5.41) is 6.09. The van der Waals surface area contributed by atoms with E-state index in [1.165, 1.54) is 18.3 Å². The summed E-state index contributed by atoms with van der Waals surface area (Å²) >= 11 is 1.24. The summed E-state index contributed by atoms with van der Waals surface area (Å²) < 4.78 is 5.56. The number of rotatable bonds is 6. The third kappa shape index (κ3) is 4.89. The minimum absolute atomic E-state index is 0.152. The Labute approximate surface area is 133 Å². The van der Waals surface area contributed by atoms with Crippen LogP contribution in [-0.4, -0.2) is 25.0 Å². The quantitative estimate of drug-likeness (QED) is 0.805. The second-order valence-corrected chi connectivity index (χ2v) is 5.85. The number of carbonyl (C=O) groups excluding carboxylic acids is 2. The van der Waals surface area contributed by atoms with E-state index in [-0.39, 0.29) is 11.8 Å². The molecule has 0 fully saturated rings. The zero-order valence-corrected chi connectivity index (χ0v) is 13.3. The van der Waals surface area contributed by atoms with Crippen molar-refractivity contribution in [3.8, 4) is 5.75 Å². The van der Waals surface area contributed by atoms with Gasteiger partial charge in [0.25, 0.3) is 5.91 Å². The van der Waals surface area contributed by atoms with Gasteiger partial charge in [0.05, 0.1) is 16.4 Å². The molecule has 116 valence electrons. The van der Waals surface area contributed by atoms with E-state index in [1.807, 2.05) is 31.2 Å². The molecule has 0 radical (unpaired) electrons. The summed E-state index contributed by atoms with van der Waals surface area (Å²) in [4.78, 5) is 23.4. The van der Waals surface area contributed by atoms with Crippen LogP contribution in [0.2, 0.25) is 0 Å². The lowest BCUT2D eigenvalue weighted by Gasteiger charge is -2.07. The van der Waals surface area contributed by atoms with Gasteiger partial charge >= 0.3 is 0 Å². The molecule has 1 aromatic carbocycles. The highest BCUT2D eigenvalue weighted by molar-refractivity contribution is 7.18. The van der Waals surface area contributed by atoms with Crippen molar-refractivity contribution in [3.63, 3.8) is 0 Å². The number of thiophene rings is 1. The number of benzene rings is 1. The number of hydrogen-bond acceptors (Lipinski definition) is 4. The van der Waals surface area contributed by atoms with Gasteiger partial charge < -0.3 is 15.4 Å². The predicted octanol–water partition coefficient (Wildman–Crippen LogP) is 2.82. The molecule has 1 heterocycles. The lowest BCUT2D eigenvalue weighted by atomic mass is 10.2. The van der Waals surface area contributed by atoms with Crippen LogP contribution < -0.4 is 15.4 Å². The average molecular weight is 318 g/mol. The minimum atomic E-state index is -0.172. The number of amides is 2. The maximum absolute atomic E-state index is 11.9. The number of aryl methyl sites for hydroxylation is 1. The van der Waals surface area contributed by atoms with Crippen LogP contribution in [0.15, 0.2) is 36.4 Å². The van der Waals surface area contributed by atoms with E-state index in [2.05, 4.69) is 10.6 Å². The molecular formula is C16H18N2O3S. The Morgan fingerprint density at radius 1 is 1.23 bits per heavy atom. The van der Waals surface area contributed by atoms with Crippen LogP contribution in [0.4, 0.5) is 5.00 Å². The van der Waals surface area contributed by atoms with Crippen molar-refractivity contribution in [2.75, 3.05) is 18.5 Å². The molecule has 6 heteroatoms. The molecule has 0 atom stereocenters. The summed E-state index contributed by atoms with van der Waals surface area (Å²) in [5.41, 5.74) is 1.13. The van der Waals surface area contributed by atoms with E-state index in [9.17, 15) is 9.59 Å². The number of carbonyl (C=O) groups is 2. The van der Waals surface area contributed by atoms with Gasteiger partial charge in [-0.25, -0.2) is 0 Å². The largest absolute Gasteiger partial charge is 0.492 e. The first-order chi connectivity index (χ1) is 10.5. The highest BCUT2D eigenvalue weighted by Crippen LogP contribution is 2.21. The maximum atomic E-state index is 11.9. The normalized spacial score (nSPS) is 10.1. The maximum Gasteiger partial charge on any atom is 0.261 e. The molecular weight excluding hydrogens is 300 g/mol. The van der Waals surface area contributed by atoms with E-state index in [0.717, 1.165) is 11.3 Å². The van der Waals surface area contributed by atoms with Gasteiger partial charge in [0.2, 0.25) is 5.91 Å². The Morgan fingerprint density at radius 3 is 2.77 bits per heavy atom. The van der Waals surface area contributed by atoms with Crippen LogP contribution >= 0.6 is 11.3 Å². The number of ether oxygens (including phenoxy) is 1. The van der Waals surface area contributed by atoms with Gasteiger partial charge in [0.15, 0.2) is 0 Å². The first kappa shape index (κ1) is 16.0. The number of anilines is 1. The highest BCUT2D eigenvalue weighted by atomic mass is 32.1. The smallest absolute Gasteiger partial charge is 0.261 e. The van der Waals surface area contributed by atoms with E-state index < -0.39 is 0 Å². The Kier molecular flexibility index (Phi) is 5.55. The molecule has 2 aromatic rings. The van der Waals surface area contributed by atoms with Crippen molar-refractivity contribution in [1.29, 1.82) is 0 Å². The Bertz CT molecular complexity index is 667. The molecule has 0 bridgehead atoms.